The molecule has 0 N–H and O–H groups in total. The highest BCUT2D eigenvalue weighted by molar-refractivity contribution is 4.89. The van der Waals surface area contributed by atoms with Crippen LogP contribution in [0.2, 0.25) is 0 Å². The molecule has 0 radical (unpaired) electrons. The van der Waals surface area contributed by atoms with E-state index in [1.807, 2.05) is 7.11 Å². The Morgan fingerprint density at radius 1 is 1.18 bits per heavy atom. The first-order valence-corrected chi connectivity index (χ1v) is 7.04. The maximum atomic E-state index is 5.84. The average Bonchev–Trinajstić information content (AvgIpc) is 2.18. The number of nitrogens with zero attached hydrogens (tertiary/aromatic N) is 1. The molecule has 1 heterocycles. The van der Waals surface area contributed by atoms with Gasteiger partial charge in [-0.2, -0.15) is 0 Å². The van der Waals surface area contributed by atoms with E-state index in [0.717, 1.165) is 5.92 Å². The van der Waals surface area contributed by atoms with Crippen LogP contribution < -0.4 is 0 Å². The zero-order valence-corrected chi connectivity index (χ0v) is 12.7. The van der Waals surface area contributed by atoms with E-state index in [1.165, 1.54) is 38.9 Å². The van der Waals surface area contributed by atoms with Crippen molar-refractivity contribution in [2.45, 2.75) is 59.5 Å². The van der Waals surface area contributed by atoms with Crippen molar-refractivity contribution in [3.8, 4) is 0 Å². The van der Waals surface area contributed by atoms with Crippen LogP contribution in [0.1, 0.15) is 53.9 Å². The molecule has 0 bridgehead atoms. The first-order chi connectivity index (χ1) is 7.76. The first-order valence-electron chi connectivity index (χ1n) is 7.04. The van der Waals surface area contributed by atoms with Gasteiger partial charge in [-0.15, -0.1) is 0 Å². The van der Waals surface area contributed by atoms with E-state index in [0.29, 0.717) is 5.41 Å². The van der Waals surface area contributed by atoms with E-state index in [-0.39, 0.29) is 5.60 Å². The number of hydrogen-bond donors (Lipinski definition) is 0. The molecule has 1 aliphatic rings. The summed E-state index contributed by atoms with van der Waals surface area (Å²) >= 11 is 0. The Balaban J connectivity index is 2.47. The first kappa shape index (κ1) is 15.0. The third-order valence-corrected chi connectivity index (χ3v) is 3.68. The number of ether oxygens (including phenoxy) is 1. The Morgan fingerprint density at radius 3 is 2.06 bits per heavy atom. The molecule has 0 aliphatic carbocycles. The average molecular weight is 241 g/mol. The topological polar surface area (TPSA) is 12.5 Å². The molecular weight excluding hydrogens is 210 g/mol. The zero-order valence-electron chi connectivity index (χ0n) is 12.7. The second kappa shape index (κ2) is 5.71. The van der Waals surface area contributed by atoms with E-state index in [9.17, 15) is 0 Å². The molecule has 0 aromatic rings. The fourth-order valence-electron chi connectivity index (χ4n) is 3.03. The second-order valence-electron chi connectivity index (χ2n) is 7.32. The van der Waals surface area contributed by atoms with Gasteiger partial charge in [0.15, 0.2) is 0 Å². The highest BCUT2D eigenvalue weighted by Gasteiger charge is 2.35. The van der Waals surface area contributed by atoms with Crippen LogP contribution in [0.4, 0.5) is 0 Å². The van der Waals surface area contributed by atoms with Gasteiger partial charge in [-0.25, -0.2) is 0 Å². The molecule has 17 heavy (non-hydrogen) atoms. The second-order valence-corrected chi connectivity index (χ2v) is 7.32. The van der Waals surface area contributed by atoms with Gasteiger partial charge in [-0.05, 0) is 30.6 Å². The monoisotopic (exact) mass is 241 g/mol. The lowest BCUT2D eigenvalue weighted by Gasteiger charge is -2.43. The Morgan fingerprint density at radius 2 is 1.71 bits per heavy atom. The molecule has 0 aromatic heterocycles. The number of hydrogen-bond acceptors (Lipinski definition) is 2. The van der Waals surface area contributed by atoms with Crippen LogP contribution in [0, 0.1) is 11.3 Å². The molecule has 0 aromatic carbocycles. The minimum absolute atomic E-state index is 0.155. The summed E-state index contributed by atoms with van der Waals surface area (Å²) < 4.78 is 5.84. The van der Waals surface area contributed by atoms with E-state index >= 15 is 0 Å². The van der Waals surface area contributed by atoms with Gasteiger partial charge in [0.2, 0.25) is 0 Å². The van der Waals surface area contributed by atoms with Gasteiger partial charge in [0.25, 0.3) is 0 Å². The third kappa shape index (κ3) is 4.97. The van der Waals surface area contributed by atoms with Crippen molar-refractivity contribution in [2.75, 3.05) is 26.7 Å². The van der Waals surface area contributed by atoms with Crippen molar-refractivity contribution in [3.05, 3.63) is 0 Å². The smallest absolute Gasteiger partial charge is 0.0705 e. The van der Waals surface area contributed by atoms with Crippen molar-refractivity contribution in [3.63, 3.8) is 0 Å². The van der Waals surface area contributed by atoms with Crippen molar-refractivity contribution in [2.24, 2.45) is 11.3 Å². The highest BCUT2D eigenvalue weighted by Crippen LogP contribution is 2.33. The highest BCUT2D eigenvalue weighted by atomic mass is 16.5. The van der Waals surface area contributed by atoms with Gasteiger partial charge in [0.05, 0.1) is 5.60 Å². The SMILES string of the molecule is COC1(CC(C)C)CCN(CC(C)(C)C)CC1. The Labute approximate surface area is 108 Å². The van der Waals surface area contributed by atoms with E-state index in [1.54, 1.807) is 0 Å². The van der Waals surface area contributed by atoms with Gasteiger partial charge in [0, 0.05) is 26.7 Å². The van der Waals surface area contributed by atoms with E-state index < -0.39 is 0 Å². The summed E-state index contributed by atoms with van der Waals surface area (Å²) in [6, 6.07) is 0. The number of likely N-dealkylation sites (tertiary alicyclic amines) is 1. The fraction of sp³-hybridized carbons (Fsp3) is 1.00. The molecule has 0 saturated carbocycles. The summed E-state index contributed by atoms with van der Waals surface area (Å²) in [7, 11) is 1.89. The lowest BCUT2D eigenvalue weighted by Crippen LogP contribution is -2.48. The van der Waals surface area contributed by atoms with Crippen LogP contribution in [0.3, 0.4) is 0 Å². The molecule has 0 atom stereocenters. The molecule has 0 unspecified atom stereocenters. The fourth-order valence-corrected chi connectivity index (χ4v) is 3.03. The molecule has 0 amide bonds. The predicted octanol–water partition coefficient (Wildman–Crippen LogP) is 3.56. The third-order valence-electron chi connectivity index (χ3n) is 3.68. The summed E-state index contributed by atoms with van der Waals surface area (Å²) in [6.45, 7) is 15.1. The molecule has 102 valence electrons. The van der Waals surface area contributed by atoms with Gasteiger partial charge < -0.3 is 9.64 Å². The van der Waals surface area contributed by atoms with Gasteiger partial charge in [-0.3, -0.25) is 0 Å². The van der Waals surface area contributed by atoms with Crippen molar-refractivity contribution >= 4 is 0 Å². The Bertz CT molecular complexity index is 222. The Hall–Kier alpha value is -0.0800. The normalized spacial score (nSPS) is 22.1. The maximum Gasteiger partial charge on any atom is 0.0705 e. The van der Waals surface area contributed by atoms with Gasteiger partial charge >= 0.3 is 0 Å². The summed E-state index contributed by atoms with van der Waals surface area (Å²) in [5.41, 5.74) is 0.563. The standard InChI is InChI=1S/C15H31NO/c1-13(2)11-15(17-6)7-9-16(10-8-15)12-14(3,4)5/h13H,7-12H2,1-6H3. The maximum absolute atomic E-state index is 5.84. The molecule has 1 rings (SSSR count). The zero-order chi connectivity index (χ0) is 13.1. The quantitative estimate of drug-likeness (QED) is 0.746. The van der Waals surface area contributed by atoms with Crippen LogP contribution in [-0.4, -0.2) is 37.2 Å². The summed E-state index contributed by atoms with van der Waals surface area (Å²) in [4.78, 5) is 2.59. The minimum Gasteiger partial charge on any atom is -0.378 e. The van der Waals surface area contributed by atoms with Crippen LogP contribution in [0.25, 0.3) is 0 Å². The van der Waals surface area contributed by atoms with E-state index in [4.69, 9.17) is 4.74 Å². The summed E-state index contributed by atoms with van der Waals surface area (Å²) in [5.74, 6) is 0.726. The van der Waals surface area contributed by atoms with Crippen molar-refractivity contribution in [1.29, 1.82) is 0 Å². The Kier molecular flexibility index (Phi) is 5.03. The summed E-state index contributed by atoms with van der Waals surface area (Å²) in [5, 5.41) is 0. The molecule has 1 aliphatic heterocycles. The van der Waals surface area contributed by atoms with Crippen LogP contribution >= 0.6 is 0 Å². The molecule has 1 saturated heterocycles. The number of piperidine rings is 1. The molecule has 2 heteroatoms. The van der Waals surface area contributed by atoms with Crippen LogP contribution in [-0.2, 0) is 4.74 Å². The minimum atomic E-state index is 0.155. The van der Waals surface area contributed by atoms with Gasteiger partial charge in [-0.1, -0.05) is 34.6 Å². The predicted molar refractivity (Wildman–Crippen MR) is 74.3 cm³/mol. The van der Waals surface area contributed by atoms with Crippen molar-refractivity contribution < 1.29 is 4.74 Å². The van der Waals surface area contributed by atoms with E-state index in [2.05, 4.69) is 39.5 Å². The molecule has 1 fully saturated rings. The lowest BCUT2D eigenvalue weighted by molar-refractivity contribution is -0.0732. The van der Waals surface area contributed by atoms with Crippen LogP contribution in [0.15, 0.2) is 0 Å². The number of methoxy groups -OCH3 is 1. The molecular formula is C15H31NO. The molecule has 0 spiro atoms. The largest absolute Gasteiger partial charge is 0.378 e. The number of rotatable bonds is 4. The lowest BCUT2D eigenvalue weighted by atomic mass is 9.83. The summed E-state index contributed by atoms with van der Waals surface area (Å²) in [6.07, 6.45) is 3.59. The van der Waals surface area contributed by atoms with Crippen molar-refractivity contribution in [1.82, 2.24) is 4.90 Å². The van der Waals surface area contributed by atoms with Crippen LogP contribution in [0.5, 0.6) is 0 Å². The van der Waals surface area contributed by atoms with Gasteiger partial charge in [0.1, 0.15) is 0 Å². The molecule has 2 nitrogen and oxygen atoms in total.